The number of anilines is 1. The van der Waals surface area contributed by atoms with Gasteiger partial charge < -0.3 is 20.5 Å². The topological polar surface area (TPSA) is 108 Å². The second kappa shape index (κ2) is 7.92. The van der Waals surface area contributed by atoms with Crippen molar-refractivity contribution >= 4 is 23.5 Å². The highest BCUT2D eigenvalue weighted by Crippen LogP contribution is 2.27. The number of rotatable bonds is 5. The van der Waals surface area contributed by atoms with E-state index in [2.05, 4.69) is 14.8 Å². The second-order valence-corrected chi connectivity index (χ2v) is 5.89. The quantitative estimate of drug-likeness (QED) is 0.794. The molecule has 7 heteroatoms. The lowest BCUT2D eigenvalue weighted by Gasteiger charge is -2.15. The van der Waals surface area contributed by atoms with Gasteiger partial charge in [-0.15, -0.1) is 0 Å². The van der Waals surface area contributed by atoms with Gasteiger partial charge in [0, 0.05) is 18.2 Å². The Morgan fingerprint density at radius 2 is 1.67 bits per heavy atom. The third-order valence-corrected chi connectivity index (χ3v) is 4.22. The maximum Gasteiger partial charge on any atom is 0.337 e. The molecule has 0 saturated heterocycles. The third-order valence-electron chi connectivity index (χ3n) is 4.22. The molecule has 1 aliphatic carbocycles. The molecule has 0 spiro atoms. The molecule has 0 radical (unpaired) electrons. The molecule has 7 nitrogen and oxygen atoms in total. The predicted octanol–water partition coefficient (Wildman–Crippen LogP) is 1.72. The minimum absolute atomic E-state index is 0.0442. The Morgan fingerprint density at radius 3 is 2.12 bits per heavy atom. The van der Waals surface area contributed by atoms with Crippen molar-refractivity contribution in [3.63, 3.8) is 0 Å². The fourth-order valence-corrected chi connectivity index (χ4v) is 2.94. The molecule has 1 fully saturated rings. The number of carbonyl (C=O) groups excluding carboxylic acids is 3. The summed E-state index contributed by atoms with van der Waals surface area (Å²) in [5, 5.41) is 2.72. The molecule has 0 aliphatic heterocycles. The highest BCUT2D eigenvalue weighted by atomic mass is 16.5. The predicted molar refractivity (Wildman–Crippen MR) is 87.7 cm³/mol. The van der Waals surface area contributed by atoms with Crippen LogP contribution in [0, 0.1) is 5.92 Å². The van der Waals surface area contributed by atoms with E-state index >= 15 is 0 Å². The van der Waals surface area contributed by atoms with Crippen molar-refractivity contribution in [1.29, 1.82) is 0 Å². The van der Waals surface area contributed by atoms with Crippen LogP contribution in [0.3, 0.4) is 0 Å². The van der Waals surface area contributed by atoms with Crippen LogP contribution in [0.15, 0.2) is 18.2 Å². The first-order valence-corrected chi connectivity index (χ1v) is 7.81. The lowest BCUT2D eigenvalue weighted by molar-refractivity contribution is -0.117. The first-order chi connectivity index (χ1) is 11.4. The Labute approximate surface area is 140 Å². The summed E-state index contributed by atoms with van der Waals surface area (Å²) in [6, 6.07) is 4.33. The fourth-order valence-electron chi connectivity index (χ4n) is 2.94. The van der Waals surface area contributed by atoms with Crippen LogP contribution in [0.4, 0.5) is 5.69 Å². The molecule has 0 unspecified atom stereocenters. The molecule has 0 aromatic heterocycles. The fraction of sp³-hybridized carbons (Fsp3) is 0.471. The Hall–Kier alpha value is -2.41. The minimum Gasteiger partial charge on any atom is -0.465 e. The summed E-state index contributed by atoms with van der Waals surface area (Å²) >= 11 is 0. The van der Waals surface area contributed by atoms with Crippen molar-refractivity contribution in [3.8, 4) is 0 Å². The van der Waals surface area contributed by atoms with Gasteiger partial charge in [-0.05, 0) is 37.0 Å². The summed E-state index contributed by atoms with van der Waals surface area (Å²) in [7, 11) is 2.49. The maximum absolute atomic E-state index is 12.2. The summed E-state index contributed by atoms with van der Waals surface area (Å²) < 4.78 is 9.33. The number of carbonyl (C=O) groups is 3. The Kier molecular flexibility index (Phi) is 5.92. The number of amides is 1. The molecular weight excluding hydrogens is 312 g/mol. The summed E-state index contributed by atoms with van der Waals surface area (Å²) in [6.45, 7) is 0. The van der Waals surface area contributed by atoms with Crippen molar-refractivity contribution in [2.24, 2.45) is 11.7 Å². The number of hydrogen-bond donors (Lipinski definition) is 2. The van der Waals surface area contributed by atoms with Gasteiger partial charge in [0.15, 0.2) is 0 Å². The second-order valence-electron chi connectivity index (χ2n) is 5.89. The zero-order valence-electron chi connectivity index (χ0n) is 13.8. The number of benzene rings is 1. The SMILES string of the molecule is COC(=O)c1cc(NC(=O)C[C@@H]2CCC[C@H]2N)cc(C(=O)OC)c1. The lowest BCUT2D eigenvalue weighted by Crippen LogP contribution is -2.28. The van der Waals surface area contributed by atoms with Crippen molar-refractivity contribution in [3.05, 3.63) is 29.3 Å². The van der Waals surface area contributed by atoms with E-state index in [-0.39, 0.29) is 29.0 Å². The van der Waals surface area contributed by atoms with Crippen LogP contribution in [0.1, 0.15) is 46.4 Å². The van der Waals surface area contributed by atoms with Gasteiger partial charge in [-0.25, -0.2) is 9.59 Å². The van der Waals surface area contributed by atoms with Gasteiger partial charge >= 0.3 is 11.9 Å². The molecule has 1 aromatic rings. The van der Waals surface area contributed by atoms with Crippen molar-refractivity contribution in [2.45, 2.75) is 31.7 Å². The van der Waals surface area contributed by atoms with Crippen molar-refractivity contribution in [2.75, 3.05) is 19.5 Å². The number of nitrogens with two attached hydrogens (primary N) is 1. The highest BCUT2D eigenvalue weighted by Gasteiger charge is 2.26. The Morgan fingerprint density at radius 1 is 1.08 bits per heavy atom. The van der Waals surface area contributed by atoms with Gasteiger partial charge in [0.25, 0.3) is 0 Å². The average molecular weight is 334 g/mol. The van der Waals surface area contributed by atoms with Crippen molar-refractivity contribution in [1.82, 2.24) is 0 Å². The lowest BCUT2D eigenvalue weighted by atomic mass is 10.00. The molecule has 130 valence electrons. The van der Waals surface area contributed by atoms with Crippen LogP contribution in [-0.4, -0.2) is 38.1 Å². The Balaban J connectivity index is 2.16. The van der Waals surface area contributed by atoms with E-state index in [1.807, 2.05) is 0 Å². The van der Waals surface area contributed by atoms with E-state index in [1.54, 1.807) is 0 Å². The van der Waals surface area contributed by atoms with Gasteiger partial charge in [-0.1, -0.05) is 6.42 Å². The van der Waals surface area contributed by atoms with Gasteiger partial charge in [-0.3, -0.25) is 4.79 Å². The highest BCUT2D eigenvalue weighted by molar-refractivity contribution is 5.99. The van der Waals surface area contributed by atoms with Crippen LogP contribution in [0.2, 0.25) is 0 Å². The molecule has 2 rings (SSSR count). The molecule has 1 amide bonds. The largest absolute Gasteiger partial charge is 0.465 e. The molecule has 1 saturated carbocycles. The monoisotopic (exact) mass is 334 g/mol. The summed E-state index contributed by atoms with van der Waals surface area (Å²) in [6.07, 6.45) is 3.22. The summed E-state index contributed by atoms with van der Waals surface area (Å²) in [5.41, 5.74) is 6.65. The first-order valence-electron chi connectivity index (χ1n) is 7.81. The van der Waals surface area contributed by atoms with E-state index in [1.165, 1.54) is 32.4 Å². The third kappa shape index (κ3) is 4.32. The molecule has 2 atom stereocenters. The van der Waals surface area contributed by atoms with E-state index in [9.17, 15) is 14.4 Å². The molecular formula is C17H22N2O5. The molecule has 3 N–H and O–H groups in total. The zero-order valence-corrected chi connectivity index (χ0v) is 13.8. The molecule has 0 heterocycles. The van der Waals surface area contributed by atoms with Gasteiger partial charge in [0.2, 0.25) is 5.91 Å². The molecule has 24 heavy (non-hydrogen) atoms. The van der Waals surface area contributed by atoms with Crippen LogP contribution in [-0.2, 0) is 14.3 Å². The number of hydrogen-bond acceptors (Lipinski definition) is 6. The van der Waals surface area contributed by atoms with E-state index < -0.39 is 11.9 Å². The van der Waals surface area contributed by atoms with Crippen LogP contribution < -0.4 is 11.1 Å². The Bertz CT molecular complexity index is 610. The van der Waals surface area contributed by atoms with E-state index in [0.717, 1.165) is 19.3 Å². The number of nitrogens with one attached hydrogen (secondary N) is 1. The zero-order chi connectivity index (χ0) is 17.7. The average Bonchev–Trinajstić information content (AvgIpc) is 2.97. The summed E-state index contributed by atoms with van der Waals surface area (Å²) in [4.78, 5) is 35.7. The van der Waals surface area contributed by atoms with Crippen LogP contribution in [0.25, 0.3) is 0 Å². The number of esters is 2. The van der Waals surface area contributed by atoms with Crippen LogP contribution in [0.5, 0.6) is 0 Å². The first kappa shape index (κ1) is 17.9. The normalized spacial score (nSPS) is 19.6. The molecule has 1 aliphatic rings. The number of ether oxygens (including phenoxy) is 2. The van der Waals surface area contributed by atoms with Crippen molar-refractivity contribution < 1.29 is 23.9 Å². The maximum atomic E-state index is 12.2. The smallest absolute Gasteiger partial charge is 0.337 e. The standard InChI is InChI=1S/C17H22N2O5/c1-23-16(21)11-6-12(17(22)24-2)8-13(7-11)19-15(20)9-10-4-3-5-14(10)18/h6-8,10,14H,3-5,9,18H2,1-2H3,(H,19,20)/t10-,14+/m0/s1. The minimum atomic E-state index is -0.603. The van der Waals surface area contributed by atoms with Gasteiger partial charge in [0.05, 0.1) is 25.3 Å². The van der Waals surface area contributed by atoms with E-state index in [4.69, 9.17) is 5.73 Å². The van der Waals surface area contributed by atoms with Gasteiger partial charge in [0.1, 0.15) is 0 Å². The van der Waals surface area contributed by atoms with Crippen LogP contribution >= 0.6 is 0 Å². The van der Waals surface area contributed by atoms with E-state index in [0.29, 0.717) is 12.1 Å². The molecule has 1 aromatic carbocycles. The van der Waals surface area contributed by atoms with Gasteiger partial charge in [-0.2, -0.15) is 0 Å². The molecule has 0 bridgehead atoms. The summed E-state index contributed by atoms with van der Waals surface area (Å²) in [5.74, 6) is -1.24. The number of methoxy groups -OCH3 is 2.